The predicted molar refractivity (Wildman–Crippen MR) is 129 cm³/mol. The molecule has 2 heterocycles. The number of benzene rings is 2. The zero-order valence-corrected chi connectivity index (χ0v) is 20.3. The Morgan fingerprint density at radius 1 is 1.11 bits per heavy atom. The third-order valence-electron chi connectivity index (χ3n) is 6.64. The average Bonchev–Trinajstić information content (AvgIpc) is 3.30. The van der Waals surface area contributed by atoms with Crippen LogP contribution in [0.15, 0.2) is 65.0 Å². The minimum atomic E-state index is -0.687. The standard InChI is InChI=1S/C27H26ClNO6/c1-15-24(27(31)33-9-8-32-2)25(18-12-22-23(13-19(18)28)35-14-34-22)26-20(29-15)10-17(11-21(26)30)16-6-4-3-5-7-16/h3-7,12-13,17,25,29H,8-11,14H2,1-2H3/t17-,25-/m1/s1. The van der Waals surface area contributed by atoms with Gasteiger partial charge in [0.2, 0.25) is 6.79 Å². The van der Waals surface area contributed by atoms with Gasteiger partial charge in [0, 0.05) is 47.5 Å². The second kappa shape index (κ2) is 9.76. The highest BCUT2D eigenvalue weighted by atomic mass is 35.5. The van der Waals surface area contributed by atoms with Crippen molar-refractivity contribution in [3.63, 3.8) is 0 Å². The Morgan fingerprint density at radius 3 is 2.60 bits per heavy atom. The van der Waals surface area contributed by atoms with Gasteiger partial charge in [-0.15, -0.1) is 0 Å². The molecule has 0 amide bonds. The number of carbonyl (C=O) groups excluding carboxylic acids is 2. The number of allylic oxidation sites excluding steroid dienone is 3. The van der Waals surface area contributed by atoms with Gasteiger partial charge in [0.25, 0.3) is 0 Å². The Kier molecular flexibility index (Phi) is 6.54. The van der Waals surface area contributed by atoms with E-state index in [1.807, 2.05) is 37.3 Å². The summed E-state index contributed by atoms with van der Waals surface area (Å²) in [6, 6.07) is 13.4. The number of dihydropyridines is 1. The number of hydrogen-bond acceptors (Lipinski definition) is 7. The largest absolute Gasteiger partial charge is 0.460 e. The van der Waals surface area contributed by atoms with Crippen molar-refractivity contribution in [1.82, 2.24) is 5.32 Å². The number of ketones is 1. The molecule has 0 aromatic heterocycles. The van der Waals surface area contributed by atoms with Crippen LogP contribution in [0.4, 0.5) is 0 Å². The zero-order valence-electron chi connectivity index (χ0n) is 19.6. The smallest absolute Gasteiger partial charge is 0.336 e. The number of methoxy groups -OCH3 is 1. The van der Waals surface area contributed by atoms with Crippen LogP contribution in [0.5, 0.6) is 11.5 Å². The fourth-order valence-corrected chi connectivity index (χ4v) is 5.29. The van der Waals surface area contributed by atoms with E-state index in [1.165, 1.54) is 7.11 Å². The van der Waals surface area contributed by atoms with E-state index in [0.29, 0.717) is 51.8 Å². The number of esters is 1. The van der Waals surface area contributed by atoms with E-state index in [9.17, 15) is 9.59 Å². The van der Waals surface area contributed by atoms with Crippen LogP contribution in [-0.4, -0.2) is 38.9 Å². The van der Waals surface area contributed by atoms with Crippen LogP contribution in [0.25, 0.3) is 0 Å². The van der Waals surface area contributed by atoms with Crippen molar-refractivity contribution in [2.24, 2.45) is 0 Å². The first kappa shape index (κ1) is 23.5. The maximum Gasteiger partial charge on any atom is 0.336 e. The van der Waals surface area contributed by atoms with E-state index in [1.54, 1.807) is 12.1 Å². The van der Waals surface area contributed by atoms with Gasteiger partial charge in [-0.05, 0) is 36.5 Å². The Labute approximate surface area is 208 Å². The highest BCUT2D eigenvalue weighted by Gasteiger charge is 2.42. The van der Waals surface area contributed by atoms with Gasteiger partial charge in [0.15, 0.2) is 17.3 Å². The first-order chi connectivity index (χ1) is 17.0. The fraction of sp³-hybridized carbons (Fsp3) is 0.333. The topological polar surface area (TPSA) is 83.1 Å². The van der Waals surface area contributed by atoms with E-state index in [-0.39, 0.29) is 31.7 Å². The van der Waals surface area contributed by atoms with E-state index in [4.69, 9.17) is 30.5 Å². The van der Waals surface area contributed by atoms with Crippen LogP contribution in [0, 0.1) is 0 Å². The van der Waals surface area contributed by atoms with Gasteiger partial charge in [0.05, 0.1) is 12.2 Å². The number of carbonyl (C=O) groups is 2. The number of nitrogens with one attached hydrogen (secondary N) is 1. The van der Waals surface area contributed by atoms with Gasteiger partial charge in [0.1, 0.15) is 6.61 Å². The molecule has 8 heteroatoms. The SMILES string of the molecule is COCCOC(=O)C1=C(C)NC2=C(C(=O)C[C@H](c3ccccc3)C2)[C@@H]1c1cc2c(cc1Cl)OCO2. The lowest BCUT2D eigenvalue weighted by Gasteiger charge is -2.37. The summed E-state index contributed by atoms with van der Waals surface area (Å²) in [7, 11) is 1.54. The maximum absolute atomic E-state index is 13.7. The minimum Gasteiger partial charge on any atom is -0.460 e. The molecule has 1 N–H and O–H groups in total. The molecule has 0 saturated carbocycles. The summed E-state index contributed by atoms with van der Waals surface area (Å²) < 4.78 is 21.5. The summed E-state index contributed by atoms with van der Waals surface area (Å²) in [6.07, 6.45) is 0.987. The summed E-state index contributed by atoms with van der Waals surface area (Å²) >= 11 is 6.70. The summed E-state index contributed by atoms with van der Waals surface area (Å²) in [4.78, 5) is 27.0. The number of ether oxygens (including phenoxy) is 4. The molecule has 0 fully saturated rings. The molecule has 2 aromatic carbocycles. The summed E-state index contributed by atoms with van der Waals surface area (Å²) in [6.45, 7) is 2.28. The van der Waals surface area contributed by atoms with Crippen molar-refractivity contribution >= 4 is 23.4 Å². The monoisotopic (exact) mass is 495 g/mol. The molecular weight excluding hydrogens is 470 g/mol. The average molecular weight is 496 g/mol. The Hall–Kier alpha value is -3.29. The van der Waals surface area contributed by atoms with Gasteiger partial charge < -0.3 is 24.3 Å². The third kappa shape index (κ3) is 4.42. The minimum absolute atomic E-state index is 0.0268. The number of Topliss-reactive ketones (excluding diaryl/α,β-unsaturated/α-hetero) is 1. The van der Waals surface area contributed by atoms with E-state index in [2.05, 4.69) is 5.32 Å². The predicted octanol–water partition coefficient (Wildman–Crippen LogP) is 4.62. The van der Waals surface area contributed by atoms with Gasteiger partial charge in [-0.1, -0.05) is 41.9 Å². The lowest BCUT2D eigenvalue weighted by molar-refractivity contribution is -0.140. The number of hydrogen-bond donors (Lipinski definition) is 1. The van der Waals surface area contributed by atoms with Gasteiger partial charge in [-0.3, -0.25) is 4.79 Å². The zero-order chi connectivity index (χ0) is 24.5. The van der Waals surface area contributed by atoms with Crippen LogP contribution < -0.4 is 14.8 Å². The van der Waals surface area contributed by atoms with Crippen molar-refractivity contribution in [2.45, 2.75) is 31.6 Å². The van der Waals surface area contributed by atoms with Crippen LogP contribution >= 0.6 is 11.6 Å². The fourth-order valence-electron chi connectivity index (χ4n) is 5.03. The highest BCUT2D eigenvalue weighted by Crippen LogP contribution is 2.49. The number of fused-ring (bicyclic) bond motifs is 1. The summed E-state index contributed by atoms with van der Waals surface area (Å²) in [5, 5.41) is 3.74. The molecule has 2 aliphatic heterocycles. The van der Waals surface area contributed by atoms with Gasteiger partial charge in [-0.25, -0.2) is 4.79 Å². The van der Waals surface area contributed by atoms with Crippen molar-refractivity contribution in [3.8, 4) is 11.5 Å². The van der Waals surface area contributed by atoms with E-state index < -0.39 is 11.9 Å². The molecule has 0 saturated heterocycles. The molecule has 0 spiro atoms. The lowest BCUT2D eigenvalue weighted by Crippen LogP contribution is -2.36. The second-order valence-corrected chi connectivity index (χ2v) is 9.19. The van der Waals surface area contributed by atoms with Crippen molar-refractivity contribution < 1.29 is 28.5 Å². The normalized spacial score (nSPS) is 21.1. The van der Waals surface area contributed by atoms with Crippen LogP contribution in [0.2, 0.25) is 5.02 Å². The molecule has 2 aromatic rings. The third-order valence-corrected chi connectivity index (χ3v) is 6.97. The molecule has 0 unspecified atom stereocenters. The van der Waals surface area contributed by atoms with E-state index in [0.717, 1.165) is 11.3 Å². The van der Waals surface area contributed by atoms with Crippen LogP contribution in [0.3, 0.4) is 0 Å². The van der Waals surface area contributed by atoms with Crippen LogP contribution in [0.1, 0.15) is 42.7 Å². The van der Waals surface area contributed by atoms with E-state index >= 15 is 0 Å². The molecular formula is C27H26ClNO6. The first-order valence-electron chi connectivity index (χ1n) is 11.5. The molecule has 7 nitrogen and oxygen atoms in total. The summed E-state index contributed by atoms with van der Waals surface area (Å²) in [5.41, 5.74) is 4.05. The van der Waals surface area contributed by atoms with Crippen molar-refractivity contribution in [1.29, 1.82) is 0 Å². The molecule has 1 aliphatic carbocycles. The maximum atomic E-state index is 13.7. The number of halogens is 1. The Balaban J connectivity index is 1.59. The van der Waals surface area contributed by atoms with Crippen molar-refractivity contribution in [2.75, 3.05) is 27.1 Å². The molecule has 5 rings (SSSR count). The molecule has 0 radical (unpaired) electrons. The highest BCUT2D eigenvalue weighted by molar-refractivity contribution is 6.32. The Morgan fingerprint density at radius 2 is 1.86 bits per heavy atom. The Bertz CT molecular complexity index is 1240. The van der Waals surface area contributed by atoms with Gasteiger partial charge >= 0.3 is 5.97 Å². The second-order valence-electron chi connectivity index (χ2n) is 8.78. The lowest BCUT2D eigenvalue weighted by atomic mass is 9.71. The molecule has 2 atom stereocenters. The van der Waals surface area contributed by atoms with Crippen molar-refractivity contribution in [3.05, 3.63) is 81.2 Å². The molecule has 35 heavy (non-hydrogen) atoms. The quantitative estimate of drug-likeness (QED) is 0.462. The summed E-state index contributed by atoms with van der Waals surface area (Å²) in [5.74, 6) is -0.124. The molecule has 3 aliphatic rings. The first-order valence-corrected chi connectivity index (χ1v) is 11.9. The molecule has 0 bridgehead atoms. The van der Waals surface area contributed by atoms with Gasteiger partial charge in [-0.2, -0.15) is 0 Å². The number of rotatable bonds is 6. The molecule has 182 valence electrons. The van der Waals surface area contributed by atoms with Crippen LogP contribution in [-0.2, 0) is 19.1 Å².